The average Bonchev–Trinajstić information content (AvgIpc) is 2.49. The van der Waals surface area contributed by atoms with Crippen LogP contribution >= 0.6 is 0 Å². The normalized spacial score (nSPS) is 11.3. The van der Waals surface area contributed by atoms with Crippen LogP contribution in [0.5, 0.6) is 0 Å². The van der Waals surface area contributed by atoms with Crippen molar-refractivity contribution in [3.05, 3.63) is 42.5 Å². The lowest BCUT2D eigenvalue weighted by molar-refractivity contribution is 0.0935. The average molecular weight is 324 g/mol. The molecule has 0 saturated carbocycles. The predicted molar refractivity (Wildman–Crippen MR) is 90.7 cm³/mol. The highest BCUT2D eigenvalue weighted by Crippen LogP contribution is 2.18. The Kier molecular flexibility index (Phi) is 6.61. The van der Waals surface area contributed by atoms with E-state index in [4.69, 9.17) is 0 Å². The third-order valence-electron chi connectivity index (χ3n) is 3.43. The summed E-state index contributed by atoms with van der Waals surface area (Å²) in [6, 6.07) is 6.68. The Bertz CT molecular complexity index is 605. The molecular weight excluding hydrogens is 300 g/mol. The number of nitrogens with one attached hydrogen (secondary N) is 1. The summed E-state index contributed by atoms with van der Waals surface area (Å²) >= 11 is 0. The fourth-order valence-electron chi connectivity index (χ4n) is 2.09. The zero-order valence-corrected chi connectivity index (χ0v) is 14.2. The van der Waals surface area contributed by atoms with Gasteiger partial charge in [0.05, 0.1) is 18.5 Å². The molecule has 6 heteroatoms. The minimum absolute atomic E-state index is 0.144. The van der Waals surface area contributed by atoms with E-state index in [0.717, 1.165) is 19.1 Å². The van der Waals surface area contributed by atoms with Crippen LogP contribution in [0.1, 0.15) is 37.0 Å². The molecule has 0 fully saturated rings. The van der Waals surface area contributed by atoms with Crippen molar-refractivity contribution in [2.45, 2.75) is 32.7 Å². The molecule has 1 aromatic rings. The van der Waals surface area contributed by atoms with Gasteiger partial charge in [-0.05, 0) is 37.1 Å². The largest absolute Gasteiger partial charge is 0.349 e. The highest BCUT2D eigenvalue weighted by atomic mass is 32.2. The molecular formula is C16H24N2O3S. The molecule has 0 aliphatic heterocycles. The van der Waals surface area contributed by atoms with Crippen molar-refractivity contribution in [1.82, 2.24) is 5.32 Å². The number of nitrogens with zero attached hydrogens (tertiary/aromatic N) is 1. The van der Waals surface area contributed by atoms with Gasteiger partial charge in [0.25, 0.3) is 5.91 Å². The van der Waals surface area contributed by atoms with Gasteiger partial charge < -0.3 is 5.32 Å². The number of benzene rings is 1. The second-order valence-corrected chi connectivity index (χ2v) is 7.02. The minimum atomic E-state index is -3.38. The molecule has 5 nitrogen and oxygen atoms in total. The van der Waals surface area contributed by atoms with Crippen molar-refractivity contribution in [3.63, 3.8) is 0 Å². The molecule has 1 aromatic carbocycles. The predicted octanol–water partition coefficient (Wildman–Crippen LogP) is 2.56. The second-order valence-electron chi connectivity index (χ2n) is 5.12. The molecule has 0 bridgehead atoms. The molecule has 0 radical (unpaired) electrons. The first-order valence-corrected chi connectivity index (χ1v) is 9.17. The molecule has 0 saturated heterocycles. The van der Waals surface area contributed by atoms with Crippen molar-refractivity contribution in [2.75, 3.05) is 17.1 Å². The van der Waals surface area contributed by atoms with Gasteiger partial charge in [0, 0.05) is 11.6 Å². The number of carbonyl (C=O) groups excluding carboxylic acids is 1. The molecule has 0 atom stereocenters. The Labute approximate surface area is 133 Å². The first-order valence-electron chi connectivity index (χ1n) is 7.33. The first kappa shape index (κ1) is 18.2. The molecule has 0 aromatic heterocycles. The zero-order chi connectivity index (χ0) is 16.8. The number of sulfonamides is 1. The maximum atomic E-state index is 12.1. The summed E-state index contributed by atoms with van der Waals surface area (Å²) in [5.41, 5.74) is 1.03. The molecule has 0 heterocycles. The van der Waals surface area contributed by atoms with Crippen molar-refractivity contribution < 1.29 is 13.2 Å². The minimum Gasteiger partial charge on any atom is -0.349 e. The quantitative estimate of drug-likeness (QED) is 0.747. The summed E-state index contributed by atoms with van der Waals surface area (Å²) in [7, 11) is -3.38. The van der Waals surface area contributed by atoms with E-state index in [1.807, 2.05) is 13.8 Å². The van der Waals surface area contributed by atoms with Gasteiger partial charge in [0.15, 0.2) is 0 Å². The highest BCUT2D eigenvalue weighted by molar-refractivity contribution is 7.92. The molecule has 0 spiro atoms. The standard InChI is InChI=1S/C16H24N2O3S/c1-5-12-18(22(4,20)21)15-10-8-13(9-11-15)16(19)17-14(6-2)7-3/h5,8-11,14H,1,6-7,12H2,2-4H3,(H,17,19). The fraction of sp³-hybridized carbons (Fsp3) is 0.438. The van der Waals surface area contributed by atoms with E-state index >= 15 is 0 Å². The van der Waals surface area contributed by atoms with E-state index in [2.05, 4.69) is 11.9 Å². The van der Waals surface area contributed by atoms with Gasteiger partial charge in [0.1, 0.15) is 0 Å². The summed E-state index contributed by atoms with van der Waals surface area (Å²) in [4.78, 5) is 12.1. The Morgan fingerprint density at radius 1 is 1.27 bits per heavy atom. The molecule has 1 N–H and O–H groups in total. The van der Waals surface area contributed by atoms with E-state index in [-0.39, 0.29) is 18.5 Å². The molecule has 1 rings (SSSR count). The van der Waals surface area contributed by atoms with Crippen LogP contribution < -0.4 is 9.62 Å². The van der Waals surface area contributed by atoms with Gasteiger partial charge in [-0.3, -0.25) is 9.10 Å². The van der Waals surface area contributed by atoms with E-state index in [1.165, 1.54) is 10.4 Å². The Morgan fingerprint density at radius 3 is 2.23 bits per heavy atom. The van der Waals surface area contributed by atoms with Gasteiger partial charge in [-0.1, -0.05) is 19.9 Å². The van der Waals surface area contributed by atoms with Crippen molar-refractivity contribution in [2.24, 2.45) is 0 Å². The van der Waals surface area contributed by atoms with Crippen LogP contribution in [0.15, 0.2) is 36.9 Å². The Morgan fingerprint density at radius 2 is 1.82 bits per heavy atom. The topological polar surface area (TPSA) is 66.5 Å². The summed E-state index contributed by atoms with van der Waals surface area (Å²) in [6.45, 7) is 7.81. The molecule has 0 aliphatic rings. The first-order chi connectivity index (χ1) is 10.3. The lowest BCUT2D eigenvalue weighted by Gasteiger charge is -2.21. The van der Waals surface area contributed by atoms with Crippen LogP contribution in [-0.4, -0.2) is 33.2 Å². The van der Waals surface area contributed by atoms with Gasteiger partial charge in [-0.25, -0.2) is 8.42 Å². The maximum Gasteiger partial charge on any atom is 0.251 e. The summed E-state index contributed by atoms with van der Waals surface area (Å²) in [5.74, 6) is -0.144. The monoisotopic (exact) mass is 324 g/mol. The van der Waals surface area contributed by atoms with Gasteiger partial charge >= 0.3 is 0 Å². The van der Waals surface area contributed by atoms with Crippen LogP contribution in [-0.2, 0) is 10.0 Å². The number of amides is 1. The molecule has 122 valence electrons. The number of anilines is 1. The molecule has 1 amide bonds. The van der Waals surface area contributed by atoms with E-state index in [9.17, 15) is 13.2 Å². The highest BCUT2D eigenvalue weighted by Gasteiger charge is 2.16. The zero-order valence-electron chi connectivity index (χ0n) is 13.4. The third-order valence-corrected chi connectivity index (χ3v) is 4.59. The van der Waals surface area contributed by atoms with Crippen LogP contribution in [0.3, 0.4) is 0 Å². The fourth-order valence-corrected chi connectivity index (χ4v) is 2.97. The molecule has 0 unspecified atom stereocenters. The van der Waals surface area contributed by atoms with E-state index < -0.39 is 10.0 Å². The maximum absolute atomic E-state index is 12.1. The summed E-state index contributed by atoms with van der Waals surface area (Å²) < 4.78 is 24.8. The lowest BCUT2D eigenvalue weighted by Crippen LogP contribution is -2.34. The summed E-state index contributed by atoms with van der Waals surface area (Å²) in [6.07, 6.45) is 4.42. The van der Waals surface area contributed by atoms with Gasteiger partial charge in [-0.15, -0.1) is 6.58 Å². The Balaban J connectivity index is 2.94. The SMILES string of the molecule is C=CCN(c1ccc(C(=O)NC(CC)CC)cc1)S(C)(=O)=O. The molecule has 22 heavy (non-hydrogen) atoms. The van der Waals surface area contributed by atoms with Crippen molar-refractivity contribution in [1.29, 1.82) is 0 Å². The van der Waals surface area contributed by atoms with Crippen molar-refractivity contribution in [3.8, 4) is 0 Å². The van der Waals surface area contributed by atoms with Crippen molar-refractivity contribution >= 4 is 21.6 Å². The number of hydrogen-bond acceptors (Lipinski definition) is 3. The van der Waals surface area contributed by atoms with Crippen LogP contribution in [0.4, 0.5) is 5.69 Å². The van der Waals surface area contributed by atoms with Gasteiger partial charge in [0.2, 0.25) is 10.0 Å². The van der Waals surface area contributed by atoms with E-state index in [0.29, 0.717) is 11.3 Å². The molecule has 0 aliphatic carbocycles. The Hall–Kier alpha value is -1.82. The van der Waals surface area contributed by atoms with Crippen LogP contribution in [0.25, 0.3) is 0 Å². The smallest absolute Gasteiger partial charge is 0.251 e. The number of rotatable bonds is 8. The number of hydrogen-bond donors (Lipinski definition) is 1. The summed E-state index contributed by atoms with van der Waals surface area (Å²) in [5, 5.41) is 2.95. The van der Waals surface area contributed by atoms with Crippen LogP contribution in [0.2, 0.25) is 0 Å². The van der Waals surface area contributed by atoms with Gasteiger partial charge in [-0.2, -0.15) is 0 Å². The number of carbonyl (C=O) groups is 1. The van der Waals surface area contributed by atoms with Crippen LogP contribution in [0, 0.1) is 0 Å². The lowest BCUT2D eigenvalue weighted by atomic mass is 10.1. The third kappa shape index (κ3) is 4.87. The van der Waals surface area contributed by atoms with E-state index in [1.54, 1.807) is 24.3 Å². The second kappa shape index (κ2) is 7.98.